The van der Waals surface area contributed by atoms with Crippen molar-refractivity contribution < 1.29 is 0 Å². The fraction of sp³-hybridized carbons (Fsp3) is 0.636. The first kappa shape index (κ1) is 11.8. The Bertz CT molecular complexity index is 395. The summed E-state index contributed by atoms with van der Waals surface area (Å²) in [7, 11) is 0. The van der Waals surface area contributed by atoms with E-state index in [1.54, 1.807) is 0 Å². The predicted molar refractivity (Wildman–Crippen MR) is 62.1 cm³/mol. The van der Waals surface area contributed by atoms with Gasteiger partial charge < -0.3 is 10.7 Å². The van der Waals surface area contributed by atoms with Gasteiger partial charge in [-0.3, -0.25) is 4.79 Å². The molecule has 3 N–H and O–H groups in total. The largest absolute Gasteiger partial charge is 0.383 e. The van der Waals surface area contributed by atoms with Crippen LogP contribution in [-0.4, -0.2) is 9.97 Å². The van der Waals surface area contributed by atoms with Gasteiger partial charge in [0.25, 0.3) is 5.56 Å². The third-order valence-corrected chi connectivity index (χ3v) is 2.66. The molecule has 1 unspecified atom stereocenters. The van der Waals surface area contributed by atoms with Crippen molar-refractivity contribution in [1.82, 2.24) is 9.97 Å². The van der Waals surface area contributed by atoms with Gasteiger partial charge in [-0.1, -0.05) is 27.7 Å². The first-order valence-electron chi connectivity index (χ1n) is 5.36. The first-order chi connectivity index (χ1) is 6.97. The molecule has 0 aromatic carbocycles. The van der Waals surface area contributed by atoms with Crippen molar-refractivity contribution in [3.8, 4) is 0 Å². The van der Waals surface area contributed by atoms with Crippen LogP contribution < -0.4 is 11.3 Å². The second-order valence-electron chi connectivity index (χ2n) is 4.21. The van der Waals surface area contributed by atoms with Crippen LogP contribution in [0.3, 0.4) is 0 Å². The van der Waals surface area contributed by atoms with Crippen molar-refractivity contribution in [2.75, 3.05) is 5.73 Å². The first-order valence-corrected chi connectivity index (χ1v) is 5.36. The SMILES string of the molecule is CCC(C)c1nc(N)c(C(C)C)c(=O)[nH]1. The van der Waals surface area contributed by atoms with Crippen LogP contribution in [0.1, 0.15) is 57.3 Å². The molecule has 15 heavy (non-hydrogen) atoms. The number of aromatic nitrogens is 2. The number of nitrogen functional groups attached to an aromatic ring is 1. The molecule has 0 saturated heterocycles. The maximum Gasteiger partial charge on any atom is 0.256 e. The minimum absolute atomic E-state index is 0.104. The van der Waals surface area contributed by atoms with E-state index < -0.39 is 0 Å². The molecule has 84 valence electrons. The van der Waals surface area contributed by atoms with E-state index in [-0.39, 0.29) is 17.4 Å². The molecule has 0 aliphatic carbocycles. The Morgan fingerprint density at radius 3 is 2.40 bits per heavy atom. The molecule has 0 radical (unpaired) electrons. The van der Waals surface area contributed by atoms with Crippen molar-refractivity contribution >= 4 is 5.82 Å². The van der Waals surface area contributed by atoms with Crippen LogP contribution in [0.2, 0.25) is 0 Å². The summed E-state index contributed by atoms with van der Waals surface area (Å²) in [5.41, 5.74) is 6.27. The van der Waals surface area contributed by atoms with Crippen LogP contribution in [0.4, 0.5) is 5.82 Å². The molecule has 1 rings (SSSR count). The van der Waals surface area contributed by atoms with E-state index in [2.05, 4.69) is 16.9 Å². The van der Waals surface area contributed by atoms with Crippen LogP contribution >= 0.6 is 0 Å². The Kier molecular flexibility index (Phi) is 3.50. The number of nitrogens with zero attached hydrogens (tertiary/aromatic N) is 1. The smallest absolute Gasteiger partial charge is 0.256 e. The molecule has 1 atom stereocenters. The average Bonchev–Trinajstić information content (AvgIpc) is 2.14. The van der Waals surface area contributed by atoms with Crippen LogP contribution in [-0.2, 0) is 0 Å². The van der Waals surface area contributed by atoms with E-state index in [0.29, 0.717) is 17.2 Å². The lowest BCUT2D eigenvalue weighted by molar-refractivity contribution is 0.669. The zero-order valence-electron chi connectivity index (χ0n) is 9.79. The second-order valence-corrected chi connectivity index (χ2v) is 4.21. The zero-order chi connectivity index (χ0) is 11.6. The van der Waals surface area contributed by atoms with E-state index >= 15 is 0 Å². The maximum atomic E-state index is 11.7. The molecule has 1 heterocycles. The molecular formula is C11H19N3O. The normalized spacial score (nSPS) is 13.1. The van der Waals surface area contributed by atoms with Gasteiger partial charge in [0.1, 0.15) is 11.6 Å². The molecule has 0 fully saturated rings. The number of aromatic amines is 1. The van der Waals surface area contributed by atoms with E-state index in [1.165, 1.54) is 0 Å². The Hall–Kier alpha value is -1.32. The van der Waals surface area contributed by atoms with Gasteiger partial charge in [-0.2, -0.15) is 0 Å². The Labute approximate surface area is 89.9 Å². The Morgan fingerprint density at radius 1 is 1.40 bits per heavy atom. The topological polar surface area (TPSA) is 71.8 Å². The molecule has 0 spiro atoms. The van der Waals surface area contributed by atoms with E-state index in [9.17, 15) is 4.79 Å². The number of hydrogen-bond donors (Lipinski definition) is 2. The van der Waals surface area contributed by atoms with Gasteiger partial charge in [-0.15, -0.1) is 0 Å². The quantitative estimate of drug-likeness (QED) is 0.799. The molecule has 0 bridgehead atoms. The van der Waals surface area contributed by atoms with Gasteiger partial charge in [0, 0.05) is 5.92 Å². The highest BCUT2D eigenvalue weighted by atomic mass is 16.1. The molecule has 4 nitrogen and oxygen atoms in total. The molecule has 1 aromatic rings. The summed E-state index contributed by atoms with van der Waals surface area (Å²) >= 11 is 0. The van der Waals surface area contributed by atoms with Crippen LogP contribution in [0.5, 0.6) is 0 Å². The molecular weight excluding hydrogens is 190 g/mol. The second kappa shape index (κ2) is 4.47. The number of nitrogens with two attached hydrogens (primary N) is 1. The highest BCUT2D eigenvalue weighted by molar-refractivity contribution is 5.40. The molecule has 0 aliphatic rings. The molecule has 4 heteroatoms. The van der Waals surface area contributed by atoms with Crippen molar-refractivity contribution in [3.05, 3.63) is 21.7 Å². The molecule has 0 amide bonds. The molecule has 0 aliphatic heterocycles. The Balaban J connectivity index is 3.26. The highest BCUT2D eigenvalue weighted by Crippen LogP contribution is 2.18. The number of rotatable bonds is 3. The lowest BCUT2D eigenvalue weighted by atomic mass is 10.0. The average molecular weight is 209 g/mol. The van der Waals surface area contributed by atoms with Crippen LogP contribution in [0.15, 0.2) is 4.79 Å². The summed E-state index contributed by atoms with van der Waals surface area (Å²) in [6.45, 7) is 7.95. The standard InChI is InChI=1S/C11H19N3O/c1-5-7(4)10-13-9(12)8(6(2)3)11(15)14-10/h6-7H,5H2,1-4H3,(H3,12,13,14,15). The molecule has 0 saturated carbocycles. The third kappa shape index (κ3) is 2.37. The summed E-state index contributed by atoms with van der Waals surface area (Å²) in [4.78, 5) is 18.8. The van der Waals surface area contributed by atoms with Crippen molar-refractivity contribution in [3.63, 3.8) is 0 Å². The van der Waals surface area contributed by atoms with Crippen LogP contribution in [0, 0.1) is 0 Å². The lowest BCUT2D eigenvalue weighted by Gasteiger charge is -2.12. The maximum absolute atomic E-state index is 11.7. The van der Waals surface area contributed by atoms with Gasteiger partial charge in [-0.25, -0.2) is 4.98 Å². The highest BCUT2D eigenvalue weighted by Gasteiger charge is 2.14. The summed E-state index contributed by atoms with van der Waals surface area (Å²) in [5, 5.41) is 0. The van der Waals surface area contributed by atoms with Crippen molar-refractivity contribution in [1.29, 1.82) is 0 Å². The van der Waals surface area contributed by atoms with Crippen molar-refractivity contribution in [2.24, 2.45) is 0 Å². The van der Waals surface area contributed by atoms with E-state index in [0.717, 1.165) is 6.42 Å². The van der Waals surface area contributed by atoms with Gasteiger partial charge in [0.05, 0.1) is 5.56 Å². The fourth-order valence-corrected chi connectivity index (χ4v) is 1.50. The monoisotopic (exact) mass is 209 g/mol. The minimum Gasteiger partial charge on any atom is -0.383 e. The lowest BCUT2D eigenvalue weighted by Crippen LogP contribution is -2.21. The number of hydrogen-bond acceptors (Lipinski definition) is 3. The summed E-state index contributed by atoms with van der Waals surface area (Å²) in [6, 6.07) is 0. The van der Waals surface area contributed by atoms with Gasteiger partial charge >= 0.3 is 0 Å². The number of H-pyrrole nitrogens is 1. The summed E-state index contributed by atoms with van der Waals surface area (Å²) < 4.78 is 0. The summed E-state index contributed by atoms with van der Waals surface area (Å²) in [6.07, 6.45) is 0.934. The predicted octanol–water partition coefficient (Wildman–Crippen LogP) is 1.99. The molecule has 1 aromatic heterocycles. The number of nitrogens with one attached hydrogen (secondary N) is 1. The van der Waals surface area contributed by atoms with Gasteiger partial charge in [0.2, 0.25) is 0 Å². The third-order valence-electron chi connectivity index (χ3n) is 2.66. The van der Waals surface area contributed by atoms with Crippen LogP contribution in [0.25, 0.3) is 0 Å². The zero-order valence-corrected chi connectivity index (χ0v) is 9.79. The fourth-order valence-electron chi connectivity index (χ4n) is 1.50. The van der Waals surface area contributed by atoms with E-state index in [4.69, 9.17) is 5.73 Å². The minimum atomic E-state index is -0.104. The van der Waals surface area contributed by atoms with Gasteiger partial charge in [-0.05, 0) is 12.3 Å². The van der Waals surface area contributed by atoms with Crippen molar-refractivity contribution in [2.45, 2.75) is 46.0 Å². The van der Waals surface area contributed by atoms with Gasteiger partial charge in [0.15, 0.2) is 0 Å². The number of anilines is 1. The Morgan fingerprint density at radius 2 is 2.00 bits per heavy atom. The summed E-state index contributed by atoms with van der Waals surface area (Å²) in [5.74, 6) is 1.39. The van der Waals surface area contributed by atoms with E-state index in [1.807, 2.05) is 20.8 Å².